The normalized spacial score (nSPS) is 10.9. The van der Waals surface area contributed by atoms with Crippen LogP contribution in [0.15, 0.2) is 96.6 Å². The van der Waals surface area contributed by atoms with Crippen molar-refractivity contribution in [3.63, 3.8) is 0 Å². The zero-order valence-corrected chi connectivity index (χ0v) is 23.6. The molecule has 0 radical (unpaired) electrons. The smallest absolute Gasteiger partial charge is 0.428 e. The number of ether oxygens (including phenoxy) is 1. The van der Waals surface area contributed by atoms with Gasteiger partial charge in [-0.3, -0.25) is 0 Å². The third-order valence-corrected chi connectivity index (χ3v) is 3.43. The molecule has 220 valence electrons. The van der Waals surface area contributed by atoms with Gasteiger partial charge in [-0.05, 0) is 70.4 Å². The molecule has 0 spiro atoms. The first-order chi connectivity index (χ1) is 18.4. The van der Waals surface area contributed by atoms with Crippen molar-refractivity contribution in [3.8, 4) is 0 Å². The van der Waals surface area contributed by atoms with Crippen LogP contribution in [0, 0.1) is 5.82 Å². The molecule has 1 rings (SSSR count). The molecule has 0 bridgehead atoms. The summed E-state index contributed by atoms with van der Waals surface area (Å²) in [5.74, 6) is -1.19. The zero-order chi connectivity index (χ0) is 31.3. The second kappa shape index (κ2) is 28.9. The molecule has 1 aromatic carbocycles. The number of allylic oxidation sites excluding steroid dienone is 9. The van der Waals surface area contributed by atoms with Crippen LogP contribution >= 0.6 is 0 Å². The van der Waals surface area contributed by atoms with Gasteiger partial charge in [0.15, 0.2) is 0 Å². The van der Waals surface area contributed by atoms with E-state index in [4.69, 9.17) is 9.59 Å². The zero-order valence-electron chi connectivity index (χ0n) is 23.6. The Morgan fingerprint density at radius 2 is 1.49 bits per heavy atom. The molecule has 0 unspecified atom stereocenters. The molecule has 0 aliphatic rings. The van der Waals surface area contributed by atoms with Crippen molar-refractivity contribution in [2.75, 3.05) is 0 Å². The molecule has 0 amide bonds. The van der Waals surface area contributed by atoms with Gasteiger partial charge < -0.3 is 14.3 Å². The van der Waals surface area contributed by atoms with Gasteiger partial charge in [-0.2, -0.15) is 17.6 Å². The summed E-state index contributed by atoms with van der Waals surface area (Å²) in [4.78, 5) is 17.6. The van der Waals surface area contributed by atoms with Crippen LogP contribution in [0.3, 0.4) is 0 Å². The van der Waals surface area contributed by atoms with Crippen LogP contribution in [0.5, 0.6) is 0 Å². The molecular formula is C30H40F6O3. The quantitative estimate of drug-likeness (QED) is 0.130. The topological polar surface area (TPSA) is 43.4 Å². The number of benzene rings is 1. The molecule has 39 heavy (non-hydrogen) atoms. The largest absolute Gasteiger partial charge is 0.461 e. The van der Waals surface area contributed by atoms with Gasteiger partial charge in [-0.1, -0.05) is 68.5 Å². The van der Waals surface area contributed by atoms with Crippen molar-refractivity contribution in [3.05, 3.63) is 108 Å². The number of carbonyl (C=O) groups excluding carboxylic acids is 2. The van der Waals surface area contributed by atoms with Crippen LogP contribution in [0.2, 0.25) is 0 Å². The van der Waals surface area contributed by atoms with Gasteiger partial charge >= 0.3 is 12.5 Å². The van der Waals surface area contributed by atoms with Crippen LogP contribution in [0.1, 0.15) is 54.0 Å². The molecule has 0 atom stereocenters. The summed E-state index contributed by atoms with van der Waals surface area (Å²) in [7, 11) is 0. The molecule has 0 saturated heterocycles. The SMILES string of the molecule is C=C/C=C\C=C(C)C.CC.CC=O.CC=O.C\C=C(/C=C(\C=C\F)OC(F)(F)C(F)F)Cc1ccc(F)cc1. The average molecular weight is 563 g/mol. The lowest BCUT2D eigenvalue weighted by molar-refractivity contribution is -0.279. The predicted molar refractivity (Wildman–Crippen MR) is 148 cm³/mol. The summed E-state index contributed by atoms with van der Waals surface area (Å²) < 4.78 is 79.1. The fraction of sp³-hybridized carbons (Fsp3) is 0.333. The van der Waals surface area contributed by atoms with E-state index in [1.165, 1.54) is 49.8 Å². The minimum absolute atomic E-state index is 0.0987. The van der Waals surface area contributed by atoms with Gasteiger partial charge in [0.1, 0.15) is 24.1 Å². The van der Waals surface area contributed by atoms with Gasteiger partial charge in [0.25, 0.3) is 0 Å². The summed E-state index contributed by atoms with van der Waals surface area (Å²) in [6.07, 6.45) is 3.53. The van der Waals surface area contributed by atoms with Gasteiger partial charge in [0.05, 0.1) is 6.33 Å². The van der Waals surface area contributed by atoms with E-state index in [-0.39, 0.29) is 12.8 Å². The summed E-state index contributed by atoms with van der Waals surface area (Å²) in [6.45, 7) is 16.1. The highest BCUT2D eigenvalue weighted by Crippen LogP contribution is 2.28. The Bertz CT molecular complexity index is 903. The molecule has 1 aromatic rings. The van der Waals surface area contributed by atoms with Crippen molar-refractivity contribution < 1.29 is 40.7 Å². The minimum Gasteiger partial charge on any atom is -0.428 e. The van der Waals surface area contributed by atoms with Crippen molar-refractivity contribution in [1.82, 2.24) is 0 Å². The first-order valence-electron chi connectivity index (χ1n) is 11.8. The molecule has 0 aliphatic carbocycles. The Kier molecular flexibility index (Phi) is 31.5. The highest BCUT2D eigenvalue weighted by atomic mass is 19.3. The van der Waals surface area contributed by atoms with Gasteiger partial charge in [0.2, 0.25) is 0 Å². The maximum absolute atomic E-state index is 12.9. The van der Waals surface area contributed by atoms with Crippen LogP contribution in [-0.2, 0) is 20.7 Å². The molecular weight excluding hydrogens is 522 g/mol. The van der Waals surface area contributed by atoms with Crippen molar-refractivity contribution >= 4 is 12.6 Å². The summed E-state index contributed by atoms with van der Waals surface area (Å²) >= 11 is 0. The van der Waals surface area contributed by atoms with Crippen molar-refractivity contribution in [2.45, 2.75) is 67.4 Å². The Morgan fingerprint density at radius 3 is 1.85 bits per heavy atom. The van der Waals surface area contributed by atoms with E-state index in [1.807, 2.05) is 32.1 Å². The van der Waals surface area contributed by atoms with Gasteiger partial charge in [-0.25, -0.2) is 8.78 Å². The van der Waals surface area contributed by atoms with Crippen LogP contribution in [0.4, 0.5) is 26.3 Å². The third kappa shape index (κ3) is 28.8. The molecule has 3 nitrogen and oxygen atoms in total. The minimum atomic E-state index is -4.74. The van der Waals surface area contributed by atoms with Crippen LogP contribution in [-0.4, -0.2) is 25.1 Å². The standard InChI is InChI=1S/C16H14F6O.C8H12.2C2H4O.C2H6/c1-2-11(9-12-3-5-13(18)6-4-12)10-14(7-8-17)23-16(21,22)15(19)20;1-4-5-6-7-8(2)3;2*1-2-3;1-2/h2-8,10,15H,9H2,1H3;4-7H,1H2,2-3H3;2*2H,1H3;1-2H3/b8-7+,11-2-,14-10+;6-5-;;;. The second-order valence-corrected chi connectivity index (χ2v) is 6.81. The second-order valence-electron chi connectivity index (χ2n) is 6.81. The fourth-order valence-corrected chi connectivity index (χ4v) is 1.96. The highest BCUT2D eigenvalue weighted by Gasteiger charge is 2.44. The van der Waals surface area contributed by atoms with Gasteiger partial charge in [0, 0.05) is 6.08 Å². The molecule has 0 aromatic heterocycles. The number of alkyl halides is 4. The van der Waals surface area contributed by atoms with E-state index >= 15 is 0 Å². The van der Waals surface area contributed by atoms with E-state index in [2.05, 4.69) is 25.2 Å². The monoisotopic (exact) mass is 562 g/mol. The lowest BCUT2D eigenvalue weighted by Crippen LogP contribution is -2.29. The third-order valence-electron chi connectivity index (χ3n) is 3.43. The number of carbonyl (C=O) groups is 2. The molecule has 0 saturated carbocycles. The van der Waals surface area contributed by atoms with Crippen LogP contribution < -0.4 is 0 Å². The molecule has 0 N–H and O–H groups in total. The summed E-state index contributed by atoms with van der Waals surface area (Å²) in [6, 6.07) is 5.39. The Labute approximate surface area is 229 Å². The van der Waals surface area contributed by atoms with E-state index < -0.39 is 24.1 Å². The fourth-order valence-electron chi connectivity index (χ4n) is 1.96. The van der Waals surface area contributed by atoms with Gasteiger partial charge in [-0.15, -0.1) is 0 Å². The summed E-state index contributed by atoms with van der Waals surface area (Å²) in [5.41, 5.74) is 2.36. The Balaban J connectivity index is -0.000000315. The summed E-state index contributed by atoms with van der Waals surface area (Å²) in [5, 5.41) is 0. The molecule has 9 heteroatoms. The van der Waals surface area contributed by atoms with Crippen LogP contribution in [0.25, 0.3) is 0 Å². The predicted octanol–water partition coefficient (Wildman–Crippen LogP) is 9.69. The lowest BCUT2D eigenvalue weighted by atomic mass is 10.0. The molecule has 0 aliphatic heterocycles. The number of hydrogen-bond donors (Lipinski definition) is 0. The van der Waals surface area contributed by atoms with Crippen molar-refractivity contribution in [1.29, 1.82) is 0 Å². The van der Waals surface area contributed by atoms with Crippen molar-refractivity contribution in [2.24, 2.45) is 0 Å². The Hall–Kier alpha value is -3.62. The number of aldehydes is 2. The first kappa shape index (κ1) is 42.5. The number of hydrogen-bond acceptors (Lipinski definition) is 3. The molecule has 0 heterocycles. The molecule has 0 fully saturated rings. The van der Waals surface area contributed by atoms with E-state index in [9.17, 15) is 26.3 Å². The number of halogens is 6. The maximum atomic E-state index is 12.9. The lowest BCUT2D eigenvalue weighted by Gasteiger charge is -2.17. The van der Waals surface area contributed by atoms with E-state index in [0.717, 1.165) is 18.6 Å². The first-order valence-corrected chi connectivity index (χ1v) is 11.8. The van der Waals surface area contributed by atoms with E-state index in [1.54, 1.807) is 13.0 Å². The average Bonchev–Trinajstić information content (AvgIpc) is 2.87. The maximum Gasteiger partial charge on any atom is 0.461 e. The highest BCUT2D eigenvalue weighted by molar-refractivity contribution is 5.44. The number of rotatable bonds is 9. The Morgan fingerprint density at radius 1 is 1.00 bits per heavy atom. The van der Waals surface area contributed by atoms with E-state index in [0.29, 0.717) is 17.2 Å².